The van der Waals surface area contributed by atoms with E-state index in [2.05, 4.69) is 25.7 Å². The second kappa shape index (κ2) is 9.34. The van der Waals surface area contributed by atoms with Gasteiger partial charge < -0.3 is 20.1 Å². The predicted molar refractivity (Wildman–Crippen MR) is 122 cm³/mol. The molecule has 2 N–H and O–H groups in total. The minimum absolute atomic E-state index is 0.196. The Balaban J connectivity index is 1.57. The molecule has 4 heterocycles. The van der Waals surface area contributed by atoms with Gasteiger partial charge in [0.25, 0.3) is 11.8 Å². The zero-order valence-corrected chi connectivity index (χ0v) is 18.1. The van der Waals surface area contributed by atoms with E-state index in [0.717, 1.165) is 23.1 Å². The van der Waals surface area contributed by atoms with E-state index in [0.29, 0.717) is 35.5 Å². The second-order valence-electron chi connectivity index (χ2n) is 7.04. The number of ether oxygens (including phenoxy) is 2. The van der Waals surface area contributed by atoms with Crippen LogP contribution >= 0.6 is 0 Å². The topological polar surface area (TPSA) is 103 Å². The Bertz CT molecular complexity index is 1250. The van der Waals surface area contributed by atoms with Crippen molar-refractivity contribution in [3.8, 4) is 22.8 Å². The first-order chi connectivity index (χ1) is 15.6. The second-order valence-corrected chi connectivity index (χ2v) is 7.04. The van der Waals surface area contributed by atoms with Gasteiger partial charge in [-0.15, -0.1) is 0 Å². The van der Waals surface area contributed by atoms with Gasteiger partial charge in [-0.1, -0.05) is 13.0 Å². The molecule has 0 radical (unpaired) electrons. The fourth-order valence-electron chi connectivity index (χ4n) is 3.22. The van der Waals surface area contributed by atoms with Crippen LogP contribution in [0, 0.1) is 0 Å². The summed E-state index contributed by atoms with van der Waals surface area (Å²) in [6.45, 7) is 2.62. The number of carbonyl (C=O) groups excluding carboxylic acids is 1. The quantitative estimate of drug-likeness (QED) is 0.438. The number of methoxy groups -OCH3 is 2. The van der Waals surface area contributed by atoms with Crippen LogP contribution in [0.15, 0.2) is 54.9 Å². The van der Waals surface area contributed by atoms with Gasteiger partial charge in [0.05, 0.1) is 19.7 Å². The van der Waals surface area contributed by atoms with E-state index < -0.39 is 0 Å². The van der Waals surface area contributed by atoms with Crippen molar-refractivity contribution in [2.75, 3.05) is 26.1 Å². The molecule has 0 aliphatic heterocycles. The van der Waals surface area contributed by atoms with Gasteiger partial charge in [0.15, 0.2) is 11.6 Å². The number of nitrogens with zero attached hydrogens (tertiary/aromatic N) is 4. The van der Waals surface area contributed by atoms with Crippen molar-refractivity contribution < 1.29 is 14.3 Å². The molecule has 0 aliphatic carbocycles. The summed E-state index contributed by atoms with van der Waals surface area (Å²) in [5.41, 5.74) is 3.10. The monoisotopic (exact) mass is 432 g/mol. The third-order valence-corrected chi connectivity index (χ3v) is 4.80. The van der Waals surface area contributed by atoms with Crippen molar-refractivity contribution in [2.45, 2.75) is 13.3 Å². The minimum Gasteiger partial charge on any atom is -0.491 e. The normalized spacial score (nSPS) is 10.7. The molecule has 0 unspecified atom stereocenters. The molecule has 4 rings (SSSR count). The third-order valence-electron chi connectivity index (χ3n) is 4.80. The Morgan fingerprint density at radius 2 is 1.94 bits per heavy atom. The van der Waals surface area contributed by atoms with Crippen LogP contribution in [-0.4, -0.2) is 46.3 Å². The third kappa shape index (κ3) is 4.46. The average Bonchev–Trinajstić information content (AvgIpc) is 3.23. The Labute approximate surface area is 185 Å². The van der Waals surface area contributed by atoms with Gasteiger partial charge in [-0.05, 0) is 42.3 Å². The van der Waals surface area contributed by atoms with E-state index >= 15 is 0 Å². The molecular weight excluding hydrogens is 408 g/mol. The lowest BCUT2D eigenvalue weighted by Gasteiger charge is -2.08. The van der Waals surface area contributed by atoms with Crippen LogP contribution in [0.2, 0.25) is 0 Å². The molecular formula is C23H24N6O3. The van der Waals surface area contributed by atoms with Crippen LogP contribution in [0.4, 0.5) is 11.6 Å². The van der Waals surface area contributed by atoms with Crippen molar-refractivity contribution in [3.63, 3.8) is 0 Å². The van der Waals surface area contributed by atoms with E-state index in [-0.39, 0.29) is 5.91 Å². The molecule has 9 nitrogen and oxygen atoms in total. The smallest absolute Gasteiger partial charge is 0.269 e. The van der Waals surface area contributed by atoms with Gasteiger partial charge in [-0.25, -0.2) is 14.5 Å². The number of fused-ring (bicyclic) bond motifs is 1. The van der Waals surface area contributed by atoms with Crippen LogP contribution in [0.25, 0.3) is 16.6 Å². The number of aromatic nitrogens is 4. The first-order valence-electron chi connectivity index (χ1n) is 10.2. The molecule has 4 aromatic rings. The zero-order valence-electron chi connectivity index (χ0n) is 18.1. The maximum Gasteiger partial charge on any atom is 0.269 e. The molecule has 0 atom stereocenters. The molecule has 0 aliphatic rings. The van der Waals surface area contributed by atoms with Crippen molar-refractivity contribution in [2.24, 2.45) is 0 Å². The summed E-state index contributed by atoms with van der Waals surface area (Å²) in [6.07, 6.45) is 4.47. The number of carbonyl (C=O) groups is 1. The molecule has 32 heavy (non-hydrogen) atoms. The number of hydrogen-bond donors (Lipinski definition) is 2. The number of nitrogens with one attached hydrogen (secondary N) is 2. The van der Waals surface area contributed by atoms with Crippen LogP contribution < -0.4 is 20.1 Å². The first-order valence-corrected chi connectivity index (χ1v) is 10.2. The van der Waals surface area contributed by atoms with Crippen molar-refractivity contribution in [3.05, 3.63) is 60.6 Å². The van der Waals surface area contributed by atoms with Crippen molar-refractivity contribution in [1.82, 2.24) is 24.9 Å². The Hall–Kier alpha value is -4.14. The van der Waals surface area contributed by atoms with Crippen LogP contribution in [0.5, 0.6) is 11.6 Å². The molecule has 164 valence electrons. The average molecular weight is 432 g/mol. The van der Waals surface area contributed by atoms with Crippen LogP contribution in [-0.2, 0) is 0 Å². The fraction of sp³-hybridized carbons (Fsp3) is 0.217. The lowest BCUT2D eigenvalue weighted by atomic mass is 10.1. The zero-order chi connectivity index (χ0) is 22.5. The summed E-state index contributed by atoms with van der Waals surface area (Å²) in [7, 11) is 3.14. The summed E-state index contributed by atoms with van der Waals surface area (Å²) in [5, 5.41) is 10.5. The van der Waals surface area contributed by atoms with E-state index in [4.69, 9.17) is 9.47 Å². The molecule has 0 saturated heterocycles. The Morgan fingerprint density at radius 1 is 1.06 bits per heavy atom. The SMILES string of the molecule is CCCNC(=O)c1cccc(Nc2cc3cc(-c4cnc(OC)c(OC)c4)ccn3n2)n1. The van der Waals surface area contributed by atoms with Gasteiger partial charge >= 0.3 is 0 Å². The predicted octanol–water partition coefficient (Wildman–Crippen LogP) is 3.69. The first kappa shape index (κ1) is 21.1. The number of pyridine rings is 3. The molecule has 1 amide bonds. The summed E-state index contributed by atoms with van der Waals surface area (Å²) in [5.74, 6) is 1.97. The van der Waals surface area contributed by atoms with Crippen molar-refractivity contribution in [1.29, 1.82) is 0 Å². The van der Waals surface area contributed by atoms with E-state index in [1.165, 1.54) is 0 Å². The standard InChI is InChI=1S/C23H24N6O3/c1-4-9-24-22(30)18-6-5-7-20(26-18)27-21-13-17-11-15(8-10-29(17)28-21)16-12-19(31-2)23(32-3)25-14-16/h5-8,10-14H,4,9H2,1-3H3,(H,24,30)(H,26,27,28). The van der Waals surface area contributed by atoms with Gasteiger partial charge in [0.1, 0.15) is 11.5 Å². The van der Waals surface area contributed by atoms with E-state index in [1.807, 2.05) is 37.4 Å². The summed E-state index contributed by atoms with van der Waals surface area (Å²) < 4.78 is 12.3. The molecule has 0 spiro atoms. The lowest BCUT2D eigenvalue weighted by Crippen LogP contribution is -2.25. The molecule has 0 bridgehead atoms. The maximum absolute atomic E-state index is 12.2. The highest BCUT2D eigenvalue weighted by Gasteiger charge is 2.11. The number of rotatable bonds is 8. The Morgan fingerprint density at radius 3 is 2.72 bits per heavy atom. The number of hydrogen-bond acceptors (Lipinski definition) is 7. The summed E-state index contributed by atoms with van der Waals surface area (Å²) in [6, 6.07) is 13.0. The highest BCUT2D eigenvalue weighted by atomic mass is 16.5. The lowest BCUT2D eigenvalue weighted by molar-refractivity contribution is 0.0949. The highest BCUT2D eigenvalue weighted by Crippen LogP contribution is 2.30. The van der Waals surface area contributed by atoms with E-state index in [1.54, 1.807) is 43.1 Å². The molecule has 4 aromatic heterocycles. The minimum atomic E-state index is -0.196. The van der Waals surface area contributed by atoms with Crippen LogP contribution in [0.1, 0.15) is 23.8 Å². The van der Waals surface area contributed by atoms with Gasteiger partial charge in [-0.3, -0.25) is 4.79 Å². The molecule has 0 fully saturated rings. The largest absolute Gasteiger partial charge is 0.491 e. The van der Waals surface area contributed by atoms with E-state index in [9.17, 15) is 4.79 Å². The molecule has 0 aromatic carbocycles. The fourth-order valence-corrected chi connectivity index (χ4v) is 3.22. The van der Waals surface area contributed by atoms with Gasteiger partial charge in [0, 0.05) is 30.6 Å². The Kier molecular flexibility index (Phi) is 6.16. The summed E-state index contributed by atoms with van der Waals surface area (Å²) >= 11 is 0. The number of amides is 1. The van der Waals surface area contributed by atoms with Crippen LogP contribution in [0.3, 0.4) is 0 Å². The molecule has 9 heteroatoms. The highest BCUT2D eigenvalue weighted by molar-refractivity contribution is 5.92. The van der Waals surface area contributed by atoms with Crippen molar-refractivity contribution >= 4 is 23.1 Å². The maximum atomic E-state index is 12.2. The van der Waals surface area contributed by atoms with Gasteiger partial charge in [0.2, 0.25) is 0 Å². The summed E-state index contributed by atoms with van der Waals surface area (Å²) in [4.78, 5) is 20.9. The number of anilines is 2. The van der Waals surface area contributed by atoms with Gasteiger partial charge in [-0.2, -0.15) is 5.10 Å². The molecule has 0 saturated carbocycles.